The number of benzene rings is 1. The van der Waals surface area contributed by atoms with Gasteiger partial charge in [0, 0.05) is 26.2 Å². The maximum Gasteiger partial charge on any atom is 0.243 e. The van der Waals surface area contributed by atoms with Crippen LogP contribution in [0.2, 0.25) is 0 Å². The summed E-state index contributed by atoms with van der Waals surface area (Å²) in [6.45, 7) is 5.61. The van der Waals surface area contributed by atoms with Crippen LogP contribution in [0.25, 0.3) is 0 Å². The third-order valence-electron chi connectivity index (χ3n) is 5.02. The van der Waals surface area contributed by atoms with Crippen LogP contribution in [0.5, 0.6) is 0 Å². The van der Waals surface area contributed by atoms with Gasteiger partial charge in [-0.1, -0.05) is 37.7 Å². The first kappa shape index (κ1) is 20.8. The quantitative estimate of drug-likeness (QED) is 0.684. The van der Waals surface area contributed by atoms with Crippen LogP contribution < -0.4 is 0 Å². The first-order chi connectivity index (χ1) is 13.4. The van der Waals surface area contributed by atoms with Gasteiger partial charge in [-0.15, -0.1) is 0 Å². The lowest BCUT2D eigenvalue weighted by Gasteiger charge is -2.34. The van der Waals surface area contributed by atoms with Crippen molar-refractivity contribution in [1.29, 1.82) is 0 Å². The van der Waals surface area contributed by atoms with Gasteiger partial charge in [-0.25, -0.2) is 13.4 Å². The number of carbonyl (C=O) groups is 1. The summed E-state index contributed by atoms with van der Waals surface area (Å²) >= 11 is 1.29. The molecule has 3 rings (SSSR count). The second-order valence-electron chi connectivity index (χ2n) is 6.74. The number of aromatic nitrogens is 3. The van der Waals surface area contributed by atoms with Crippen molar-refractivity contribution in [1.82, 2.24) is 24.4 Å². The Labute approximate surface area is 169 Å². The highest BCUT2D eigenvalue weighted by Crippen LogP contribution is 2.23. The van der Waals surface area contributed by atoms with Crippen LogP contribution in [-0.2, 0) is 14.8 Å². The predicted octanol–water partition coefficient (Wildman–Crippen LogP) is 1.94. The van der Waals surface area contributed by atoms with E-state index in [0.29, 0.717) is 42.1 Å². The summed E-state index contributed by atoms with van der Waals surface area (Å²) in [4.78, 5) is 18.3. The average molecular weight is 424 g/mol. The molecule has 1 aliphatic rings. The SMILES string of the molecule is CC[C@@H](C)c1ccc(S(=O)(=O)N2CCN(C(=O)CSc3ncn[nH]3)CC2)cc1. The van der Waals surface area contributed by atoms with Crippen molar-refractivity contribution < 1.29 is 13.2 Å². The molecule has 0 radical (unpaired) electrons. The molecule has 1 N–H and O–H groups in total. The van der Waals surface area contributed by atoms with E-state index in [1.165, 1.54) is 22.4 Å². The number of H-pyrrole nitrogens is 1. The fraction of sp³-hybridized carbons (Fsp3) is 0.500. The number of carbonyl (C=O) groups excluding carboxylic acids is 1. The van der Waals surface area contributed by atoms with Gasteiger partial charge in [0.2, 0.25) is 15.9 Å². The van der Waals surface area contributed by atoms with E-state index in [0.717, 1.165) is 12.0 Å². The number of piperazine rings is 1. The minimum Gasteiger partial charge on any atom is -0.339 e. The van der Waals surface area contributed by atoms with Crippen molar-refractivity contribution in [3.05, 3.63) is 36.2 Å². The topological polar surface area (TPSA) is 99.3 Å². The first-order valence-electron chi connectivity index (χ1n) is 9.28. The second-order valence-corrected chi connectivity index (χ2v) is 9.64. The lowest BCUT2D eigenvalue weighted by atomic mass is 9.99. The molecule has 2 aromatic rings. The van der Waals surface area contributed by atoms with Crippen molar-refractivity contribution in [2.75, 3.05) is 31.9 Å². The van der Waals surface area contributed by atoms with E-state index in [-0.39, 0.29) is 11.7 Å². The number of nitrogens with one attached hydrogen (secondary N) is 1. The highest BCUT2D eigenvalue weighted by molar-refractivity contribution is 7.99. The molecule has 1 atom stereocenters. The highest BCUT2D eigenvalue weighted by atomic mass is 32.2. The minimum atomic E-state index is -3.54. The van der Waals surface area contributed by atoms with Crippen LogP contribution in [0.1, 0.15) is 31.7 Å². The van der Waals surface area contributed by atoms with Gasteiger partial charge in [0.25, 0.3) is 0 Å². The second kappa shape index (κ2) is 9.06. The van der Waals surface area contributed by atoms with Crippen molar-refractivity contribution in [2.45, 2.75) is 36.2 Å². The van der Waals surface area contributed by atoms with E-state index in [4.69, 9.17) is 0 Å². The van der Waals surface area contributed by atoms with Gasteiger partial charge >= 0.3 is 0 Å². The normalized spacial score (nSPS) is 16.9. The zero-order valence-electron chi connectivity index (χ0n) is 16.0. The standard InChI is InChI=1S/C18H25N5O3S2/c1-3-14(2)15-4-6-16(7-5-15)28(25,26)23-10-8-22(9-11-23)17(24)12-27-18-19-13-20-21-18/h4-7,13-14H,3,8-12H2,1-2H3,(H,19,20,21)/t14-/m1/s1. The number of thioether (sulfide) groups is 1. The number of nitrogens with zero attached hydrogens (tertiary/aromatic N) is 4. The van der Waals surface area contributed by atoms with Gasteiger partial charge in [-0.2, -0.15) is 9.40 Å². The molecule has 0 saturated carbocycles. The van der Waals surface area contributed by atoms with Crippen LogP contribution in [0, 0.1) is 0 Å². The number of sulfonamides is 1. The van der Waals surface area contributed by atoms with Gasteiger partial charge in [-0.3, -0.25) is 9.89 Å². The zero-order chi connectivity index (χ0) is 20.1. The van der Waals surface area contributed by atoms with Gasteiger partial charge in [-0.05, 0) is 30.0 Å². The van der Waals surface area contributed by atoms with E-state index >= 15 is 0 Å². The van der Waals surface area contributed by atoms with E-state index in [2.05, 4.69) is 29.0 Å². The molecule has 0 aliphatic carbocycles. The lowest BCUT2D eigenvalue weighted by Crippen LogP contribution is -2.50. The number of aromatic amines is 1. The van der Waals surface area contributed by atoms with Crippen molar-refractivity contribution in [3.63, 3.8) is 0 Å². The van der Waals surface area contributed by atoms with E-state index < -0.39 is 10.0 Å². The molecule has 0 unspecified atom stereocenters. The minimum absolute atomic E-state index is 0.0312. The molecular weight excluding hydrogens is 398 g/mol. The Morgan fingerprint density at radius 3 is 2.46 bits per heavy atom. The summed E-state index contributed by atoms with van der Waals surface area (Å²) in [7, 11) is -3.54. The smallest absolute Gasteiger partial charge is 0.243 e. The van der Waals surface area contributed by atoms with Crippen molar-refractivity contribution in [2.24, 2.45) is 0 Å². The molecular formula is C18H25N5O3S2. The zero-order valence-corrected chi connectivity index (χ0v) is 17.7. The van der Waals surface area contributed by atoms with Gasteiger partial charge in [0.05, 0.1) is 10.6 Å². The van der Waals surface area contributed by atoms with Crippen LogP contribution >= 0.6 is 11.8 Å². The molecule has 28 heavy (non-hydrogen) atoms. The molecule has 1 aliphatic heterocycles. The summed E-state index contributed by atoms with van der Waals surface area (Å²) in [5.74, 6) is 0.622. The Balaban J connectivity index is 1.56. The molecule has 2 heterocycles. The monoisotopic (exact) mass is 423 g/mol. The summed E-state index contributed by atoms with van der Waals surface area (Å²) in [5.41, 5.74) is 1.14. The summed E-state index contributed by atoms with van der Waals surface area (Å²) in [6, 6.07) is 7.15. The van der Waals surface area contributed by atoms with Crippen molar-refractivity contribution in [3.8, 4) is 0 Å². The third kappa shape index (κ3) is 4.73. The first-order valence-corrected chi connectivity index (χ1v) is 11.7. The van der Waals surface area contributed by atoms with Gasteiger partial charge in [0.1, 0.15) is 6.33 Å². The molecule has 1 amide bonds. The van der Waals surface area contributed by atoms with E-state index in [1.54, 1.807) is 17.0 Å². The molecule has 0 bridgehead atoms. The maximum atomic E-state index is 12.9. The van der Waals surface area contributed by atoms with Crippen molar-refractivity contribution >= 4 is 27.7 Å². The molecule has 1 saturated heterocycles. The fourth-order valence-electron chi connectivity index (χ4n) is 3.02. The Morgan fingerprint density at radius 1 is 1.21 bits per heavy atom. The summed E-state index contributed by atoms with van der Waals surface area (Å²) < 4.78 is 27.2. The molecule has 0 spiro atoms. The molecule has 1 aromatic carbocycles. The van der Waals surface area contributed by atoms with E-state index in [1.807, 2.05) is 12.1 Å². The predicted molar refractivity (Wildman–Crippen MR) is 108 cm³/mol. The van der Waals surface area contributed by atoms with E-state index in [9.17, 15) is 13.2 Å². The Bertz CT molecular complexity index is 876. The number of rotatable bonds is 7. The summed E-state index contributed by atoms with van der Waals surface area (Å²) in [6.07, 6.45) is 2.41. The number of amides is 1. The molecule has 1 aromatic heterocycles. The number of hydrogen-bond donors (Lipinski definition) is 1. The Hall–Kier alpha value is -1.91. The highest BCUT2D eigenvalue weighted by Gasteiger charge is 2.30. The largest absolute Gasteiger partial charge is 0.339 e. The van der Waals surface area contributed by atoms with Crippen LogP contribution in [-0.4, -0.2) is 70.6 Å². The average Bonchev–Trinajstić information content (AvgIpc) is 3.25. The third-order valence-corrected chi connectivity index (χ3v) is 7.79. The van der Waals surface area contributed by atoms with Crippen LogP contribution in [0.15, 0.2) is 40.6 Å². The van der Waals surface area contributed by atoms with Gasteiger partial charge in [0.15, 0.2) is 5.16 Å². The Kier molecular flexibility index (Phi) is 6.73. The summed E-state index contributed by atoms with van der Waals surface area (Å²) in [5, 5.41) is 7.03. The molecule has 8 nitrogen and oxygen atoms in total. The lowest BCUT2D eigenvalue weighted by molar-refractivity contribution is -0.129. The molecule has 1 fully saturated rings. The molecule has 10 heteroatoms. The van der Waals surface area contributed by atoms with Crippen LogP contribution in [0.3, 0.4) is 0 Å². The Morgan fingerprint density at radius 2 is 1.89 bits per heavy atom. The maximum absolute atomic E-state index is 12.9. The fourth-order valence-corrected chi connectivity index (χ4v) is 5.12. The molecule has 152 valence electrons. The van der Waals surface area contributed by atoms with Crippen LogP contribution in [0.4, 0.5) is 0 Å². The number of hydrogen-bond acceptors (Lipinski definition) is 6. The van der Waals surface area contributed by atoms with Gasteiger partial charge < -0.3 is 4.90 Å².